The van der Waals surface area contributed by atoms with Gasteiger partial charge in [-0.05, 0) is 50.5 Å². The minimum absolute atomic E-state index is 0.0798. The standard InChI is InChI=1S/C28H38N4O4/c1-28(2)26(34)25(31-15-9-8-12-24(31)33)22-18-21(13-14-23(22)36-28)27(29-3)32(30-4)16-17-35-19-20-10-6-5-7-11-20/h5-7,10-11,13-14,18,25-26,30,34H,8-9,12,15-17,19H2,1-4H3/t25?,26-/m0/s1. The van der Waals surface area contributed by atoms with E-state index in [2.05, 4.69) is 10.4 Å². The van der Waals surface area contributed by atoms with Crippen LogP contribution < -0.4 is 10.2 Å². The predicted octanol–water partition coefficient (Wildman–Crippen LogP) is 3.30. The number of hydrogen-bond donors (Lipinski definition) is 2. The average molecular weight is 495 g/mol. The third kappa shape index (κ3) is 5.56. The van der Waals surface area contributed by atoms with Crippen molar-refractivity contribution in [2.45, 2.75) is 57.5 Å². The number of nitrogens with zero attached hydrogens (tertiary/aromatic N) is 3. The fraction of sp³-hybridized carbons (Fsp3) is 0.500. The average Bonchev–Trinajstić information content (AvgIpc) is 2.88. The van der Waals surface area contributed by atoms with Crippen LogP contribution in [-0.4, -0.2) is 72.3 Å². The lowest BCUT2D eigenvalue weighted by atomic mass is 9.84. The Hall–Kier alpha value is -2.94. The highest BCUT2D eigenvalue weighted by molar-refractivity contribution is 5.99. The highest BCUT2D eigenvalue weighted by Crippen LogP contribution is 2.44. The van der Waals surface area contributed by atoms with Crippen LogP contribution in [0.25, 0.3) is 0 Å². The van der Waals surface area contributed by atoms with Gasteiger partial charge in [0.1, 0.15) is 23.3 Å². The van der Waals surface area contributed by atoms with Crippen molar-refractivity contribution in [2.75, 3.05) is 33.8 Å². The zero-order chi connectivity index (χ0) is 25.7. The van der Waals surface area contributed by atoms with Crippen molar-refractivity contribution in [1.82, 2.24) is 15.3 Å². The smallest absolute Gasteiger partial charge is 0.223 e. The Kier molecular flexibility index (Phi) is 8.28. The number of hydrogen-bond acceptors (Lipinski definition) is 6. The van der Waals surface area contributed by atoms with Crippen molar-refractivity contribution < 1.29 is 19.4 Å². The second kappa shape index (κ2) is 11.4. The van der Waals surface area contributed by atoms with Gasteiger partial charge in [-0.25, -0.2) is 5.43 Å². The number of carbonyl (C=O) groups excluding carboxylic acids is 1. The number of amides is 1. The summed E-state index contributed by atoms with van der Waals surface area (Å²) >= 11 is 0. The molecule has 0 radical (unpaired) electrons. The van der Waals surface area contributed by atoms with Gasteiger partial charge in [0.2, 0.25) is 5.91 Å². The second-order valence-electron chi connectivity index (χ2n) is 9.85. The van der Waals surface area contributed by atoms with E-state index in [0.29, 0.717) is 38.5 Å². The molecule has 2 N–H and O–H groups in total. The number of likely N-dealkylation sites (tertiary alicyclic amines) is 1. The monoisotopic (exact) mass is 494 g/mol. The summed E-state index contributed by atoms with van der Waals surface area (Å²) in [4.78, 5) is 19.2. The Bertz CT molecular complexity index is 1070. The normalized spacial score (nSPS) is 21.6. The molecule has 1 fully saturated rings. The molecule has 2 atom stereocenters. The summed E-state index contributed by atoms with van der Waals surface area (Å²) < 4.78 is 12.1. The van der Waals surface area contributed by atoms with Gasteiger partial charge >= 0.3 is 0 Å². The predicted molar refractivity (Wildman–Crippen MR) is 140 cm³/mol. The number of carbonyl (C=O) groups is 1. The first kappa shape index (κ1) is 26.1. The van der Waals surface area contributed by atoms with E-state index in [0.717, 1.165) is 35.4 Å². The van der Waals surface area contributed by atoms with E-state index in [9.17, 15) is 9.90 Å². The van der Waals surface area contributed by atoms with E-state index in [1.54, 1.807) is 7.05 Å². The molecule has 2 aromatic carbocycles. The molecule has 0 bridgehead atoms. The first-order valence-electron chi connectivity index (χ1n) is 12.7. The van der Waals surface area contributed by atoms with Gasteiger partial charge in [0.05, 0.1) is 25.8 Å². The molecule has 194 valence electrons. The molecule has 4 rings (SSSR count). The van der Waals surface area contributed by atoms with Gasteiger partial charge in [0.25, 0.3) is 0 Å². The van der Waals surface area contributed by atoms with Crippen LogP contribution in [0.4, 0.5) is 0 Å². The van der Waals surface area contributed by atoms with Crippen molar-refractivity contribution >= 4 is 11.7 Å². The van der Waals surface area contributed by atoms with Gasteiger partial charge in [-0.15, -0.1) is 0 Å². The van der Waals surface area contributed by atoms with Crippen molar-refractivity contribution in [3.8, 4) is 5.75 Å². The number of aliphatic imine (C=N–C) groups is 1. The maximum absolute atomic E-state index is 12.9. The van der Waals surface area contributed by atoms with E-state index >= 15 is 0 Å². The highest BCUT2D eigenvalue weighted by atomic mass is 16.5. The van der Waals surface area contributed by atoms with Crippen LogP contribution in [0, 0.1) is 0 Å². The SMILES string of the molecule is CN=C(c1ccc2c(c1)C(N1CCCCC1=O)[C@H](O)C(C)(C)O2)N(CCOCc1ccccc1)NC. The zero-order valence-electron chi connectivity index (χ0n) is 21.7. The first-order valence-corrected chi connectivity index (χ1v) is 12.7. The molecule has 0 aromatic heterocycles. The maximum Gasteiger partial charge on any atom is 0.223 e. The lowest BCUT2D eigenvalue weighted by molar-refractivity contribution is -0.147. The highest BCUT2D eigenvalue weighted by Gasteiger charge is 2.47. The number of hydrazine groups is 1. The number of amidine groups is 1. The number of aliphatic hydroxyl groups excluding tert-OH is 1. The van der Waals surface area contributed by atoms with Gasteiger partial charge in [0.15, 0.2) is 0 Å². The summed E-state index contributed by atoms with van der Waals surface area (Å²) in [7, 11) is 3.61. The van der Waals surface area contributed by atoms with Crippen molar-refractivity contribution in [1.29, 1.82) is 0 Å². The molecule has 2 aliphatic heterocycles. The summed E-state index contributed by atoms with van der Waals surface area (Å²) in [6.07, 6.45) is 1.48. The Labute approximate surface area is 213 Å². The van der Waals surface area contributed by atoms with E-state index in [1.807, 2.05) is 79.3 Å². The summed E-state index contributed by atoms with van der Waals surface area (Å²) in [5.41, 5.74) is 5.22. The Morgan fingerprint density at radius 3 is 2.72 bits per heavy atom. The van der Waals surface area contributed by atoms with Gasteiger partial charge in [-0.3, -0.25) is 14.8 Å². The third-order valence-electron chi connectivity index (χ3n) is 6.97. The van der Waals surface area contributed by atoms with Gasteiger partial charge in [0, 0.05) is 38.2 Å². The topological polar surface area (TPSA) is 86.6 Å². The number of piperidine rings is 1. The van der Waals surface area contributed by atoms with E-state index in [4.69, 9.17) is 9.47 Å². The molecular weight excluding hydrogens is 456 g/mol. The molecule has 1 saturated heterocycles. The van der Waals surface area contributed by atoms with Crippen molar-refractivity contribution in [3.05, 3.63) is 65.2 Å². The Morgan fingerprint density at radius 1 is 1.25 bits per heavy atom. The molecule has 0 spiro atoms. The summed E-state index contributed by atoms with van der Waals surface area (Å²) in [6.45, 7) is 6.02. The van der Waals surface area contributed by atoms with Crippen molar-refractivity contribution in [3.63, 3.8) is 0 Å². The van der Waals surface area contributed by atoms with Crippen LogP contribution in [-0.2, 0) is 16.1 Å². The molecule has 8 nitrogen and oxygen atoms in total. The Morgan fingerprint density at radius 2 is 2.03 bits per heavy atom. The molecular formula is C28H38N4O4. The summed E-state index contributed by atoms with van der Waals surface area (Å²) in [5, 5.41) is 13.2. The lowest BCUT2D eigenvalue weighted by Gasteiger charge is -2.47. The summed E-state index contributed by atoms with van der Waals surface area (Å²) in [6, 6.07) is 15.5. The van der Waals surface area contributed by atoms with Gasteiger partial charge in [-0.2, -0.15) is 0 Å². The molecule has 1 amide bonds. The second-order valence-corrected chi connectivity index (χ2v) is 9.85. The first-order chi connectivity index (χ1) is 17.4. The number of ether oxygens (including phenoxy) is 2. The fourth-order valence-corrected chi connectivity index (χ4v) is 5.01. The molecule has 2 aliphatic rings. The van der Waals surface area contributed by atoms with E-state index < -0.39 is 17.7 Å². The molecule has 1 unspecified atom stereocenters. The minimum Gasteiger partial charge on any atom is -0.485 e. The van der Waals surface area contributed by atoms with Crippen LogP contribution in [0.3, 0.4) is 0 Å². The number of fused-ring (bicyclic) bond motifs is 1. The van der Waals surface area contributed by atoms with Gasteiger partial charge < -0.3 is 19.5 Å². The number of aliphatic hydroxyl groups is 1. The van der Waals surface area contributed by atoms with Crippen LogP contribution in [0.1, 0.15) is 55.8 Å². The third-order valence-corrected chi connectivity index (χ3v) is 6.97. The largest absolute Gasteiger partial charge is 0.485 e. The molecule has 8 heteroatoms. The van der Waals surface area contributed by atoms with Crippen LogP contribution in [0.15, 0.2) is 53.5 Å². The lowest BCUT2D eigenvalue weighted by Crippen LogP contribution is -2.55. The minimum atomic E-state index is -0.851. The Balaban J connectivity index is 1.55. The number of nitrogens with one attached hydrogen (secondary N) is 1. The molecule has 36 heavy (non-hydrogen) atoms. The van der Waals surface area contributed by atoms with Crippen LogP contribution >= 0.6 is 0 Å². The van der Waals surface area contributed by atoms with Crippen molar-refractivity contribution in [2.24, 2.45) is 4.99 Å². The number of rotatable bonds is 8. The quantitative estimate of drug-likeness (QED) is 0.254. The number of benzene rings is 2. The van der Waals surface area contributed by atoms with Gasteiger partial charge in [-0.1, -0.05) is 30.3 Å². The maximum atomic E-state index is 12.9. The van der Waals surface area contributed by atoms with Crippen LogP contribution in [0.5, 0.6) is 5.75 Å². The molecule has 0 aliphatic carbocycles. The van der Waals surface area contributed by atoms with E-state index in [-0.39, 0.29) is 5.91 Å². The molecule has 2 heterocycles. The summed E-state index contributed by atoms with van der Waals surface area (Å²) in [5.74, 6) is 1.51. The zero-order valence-corrected chi connectivity index (χ0v) is 21.7. The van der Waals surface area contributed by atoms with Crippen LogP contribution in [0.2, 0.25) is 0 Å². The fourth-order valence-electron chi connectivity index (χ4n) is 5.01. The molecule has 2 aromatic rings. The molecule has 0 saturated carbocycles. The van der Waals surface area contributed by atoms with E-state index in [1.165, 1.54) is 0 Å².